The molecule has 2 heterocycles. The molecule has 0 saturated carbocycles. The van der Waals surface area contributed by atoms with E-state index in [1.807, 2.05) is 12.3 Å². The van der Waals surface area contributed by atoms with Gasteiger partial charge in [-0.1, -0.05) is 11.6 Å². The molecule has 0 amide bonds. The molecule has 3 rings (SSSR count). The van der Waals surface area contributed by atoms with Crippen molar-refractivity contribution in [3.63, 3.8) is 0 Å². The Bertz CT molecular complexity index is 687. The van der Waals surface area contributed by atoms with Crippen LogP contribution in [-0.4, -0.2) is 28.2 Å². The fourth-order valence-corrected chi connectivity index (χ4v) is 4.24. The van der Waals surface area contributed by atoms with Gasteiger partial charge in [0.1, 0.15) is 13.2 Å². The molecule has 0 saturated heterocycles. The predicted octanol–water partition coefficient (Wildman–Crippen LogP) is 3.23. The van der Waals surface area contributed by atoms with Crippen molar-refractivity contribution in [3.05, 3.63) is 33.2 Å². The number of ether oxygens (including phenoxy) is 2. The van der Waals surface area contributed by atoms with Crippen molar-refractivity contribution < 1.29 is 13.7 Å². The van der Waals surface area contributed by atoms with E-state index in [4.69, 9.17) is 21.1 Å². The van der Waals surface area contributed by atoms with Gasteiger partial charge in [0.25, 0.3) is 0 Å². The Labute approximate surface area is 134 Å². The second kappa shape index (κ2) is 6.34. The van der Waals surface area contributed by atoms with E-state index in [1.54, 1.807) is 23.5 Å². The van der Waals surface area contributed by atoms with Gasteiger partial charge in [-0.25, -0.2) is 4.98 Å². The second-order valence-electron chi connectivity index (χ2n) is 4.58. The molecule has 112 valence electrons. The maximum Gasteiger partial charge on any atom is 0.162 e. The smallest absolute Gasteiger partial charge is 0.162 e. The first-order valence-corrected chi connectivity index (χ1v) is 9.09. The fraction of sp³-hybridized carbons (Fsp3) is 0.357. The highest BCUT2D eigenvalue weighted by Gasteiger charge is 2.18. The summed E-state index contributed by atoms with van der Waals surface area (Å²) in [5.74, 6) is 1.71. The van der Waals surface area contributed by atoms with Crippen molar-refractivity contribution in [2.75, 3.05) is 19.0 Å². The van der Waals surface area contributed by atoms with Crippen LogP contribution in [0.1, 0.15) is 10.7 Å². The first kappa shape index (κ1) is 14.8. The number of hydrogen-bond donors (Lipinski definition) is 0. The van der Waals surface area contributed by atoms with Crippen molar-refractivity contribution in [1.29, 1.82) is 0 Å². The van der Waals surface area contributed by atoms with Gasteiger partial charge >= 0.3 is 0 Å². The summed E-state index contributed by atoms with van der Waals surface area (Å²) >= 11 is 7.80. The van der Waals surface area contributed by atoms with Crippen LogP contribution in [-0.2, 0) is 17.2 Å². The average Bonchev–Trinajstić information content (AvgIpc) is 2.89. The molecule has 0 bridgehead atoms. The Balaban J connectivity index is 1.75. The van der Waals surface area contributed by atoms with Crippen LogP contribution >= 0.6 is 22.9 Å². The predicted molar refractivity (Wildman–Crippen MR) is 84.3 cm³/mol. The van der Waals surface area contributed by atoms with Gasteiger partial charge in [-0.3, -0.25) is 4.21 Å². The molecule has 2 aromatic rings. The Morgan fingerprint density at radius 3 is 2.71 bits per heavy atom. The topological polar surface area (TPSA) is 48.4 Å². The Morgan fingerprint density at radius 1 is 1.33 bits per heavy atom. The molecule has 0 N–H and O–H groups in total. The zero-order chi connectivity index (χ0) is 14.8. The van der Waals surface area contributed by atoms with Crippen molar-refractivity contribution in [1.82, 2.24) is 4.98 Å². The summed E-state index contributed by atoms with van der Waals surface area (Å²) < 4.78 is 23.4. The number of halogens is 1. The van der Waals surface area contributed by atoms with Crippen LogP contribution < -0.4 is 9.47 Å². The summed E-state index contributed by atoms with van der Waals surface area (Å²) in [5.41, 5.74) is 0.972. The van der Waals surface area contributed by atoms with Gasteiger partial charge in [0.2, 0.25) is 0 Å². The standard InChI is InChI=1S/C14H14ClNO3S2/c1-9-16-10(8-20-9)2-5-21(17)14-7-13-12(6-11(14)15)18-3-4-19-13/h6-8H,2-5H2,1H3. The van der Waals surface area contributed by atoms with Gasteiger partial charge in [0, 0.05) is 29.7 Å². The van der Waals surface area contributed by atoms with Crippen LogP contribution in [0.15, 0.2) is 22.4 Å². The third-order valence-corrected chi connectivity index (χ3v) is 5.70. The number of nitrogens with zero attached hydrogens (tertiary/aromatic N) is 1. The van der Waals surface area contributed by atoms with Gasteiger partial charge < -0.3 is 9.47 Å². The summed E-state index contributed by atoms with van der Waals surface area (Å²) in [6.45, 7) is 2.97. The number of thiazole rings is 1. The molecule has 0 radical (unpaired) electrons. The Kier molecular flexibility index (Phi) is 4.47. The summed E-state index contributed by atoms with van der Waals surface area (Å²) in [6.07, 6.45) is 0.668. The highest BCUT2D eigenvalue weighted by molar-refractivity contribution is 7.85. The normalized spacial score (nSPS) is 15.0. The molecule has 1 atom stereocenters. The van der Waals surface area contributed by atoms with Crippen molar-refractivity contribution in [2.24, 2.45) is 0 Å². The summed E-state index contributed by atoms with van der Waals surface area (Å²) in [7, 11) is -1.19. The van der Waals surface area contributed by atoms with Crippen molar-refractivity contribution >= 4 is 33.7 Å². The molecular weight excluding hydrogens is 330 g/mol. The van der Waals surface area contributed by atoms with E-state index in [0.29, 0.717) is 46.8 Å². The molecule has 0 aliphatic carbocycles. The molecular formula is C14H14ClNO3S2. The molecule has 21 heavy (non-hydrogen) atoms. The number of fused-ring (bicyclic) bond motifs is 1. The minimum Gasteiger partial charge on any atom is -0.486 e. The molecule has 0 fully saturated rings. The molecule has 0 spiro atoms. The van der Waals surface area contributed by atoms with Crippen molar-refractivity contribution in [2.45, 2.75) is 18.2 Å². The first-order chi connectivity index (χ1) is 10.1. The Morgan fingerprint density at radius 2 is 2.05 bits per heavy atom. The van der Waals surface area contributed by atoms with E-state index in [9.17, 15) is 4.21 Å². The number of aryl methyl sites for hydroxylation is 2. The number of rotatable bonds is 4. The number of benzene rings is 1. The van der Waals surface area contributed by atoms with Crippen molar-refractivity contribution in [3.8, 4) is 11.5 Å². The van der Waals surface area contributed by atoms with E-state index in [2.05, 4.69) is 4.98 Å². The molecule has 1 unspecified atom stereocenters. The maximum atomic E-state index is 12.4. The third kappa shape index (κ3) is 3.39. The van der Waals surface area contributed by atoms with Gasteiger partial charge in [-0.05, 0) is 6.92 Å². The first-order valence-electron chi connectivity index (χ1n) is 6.52. The second-order valence-corrected chi connectivity index (χ2v) is 7.59. The zero-order valence-electron chi connectivity index (χ0n) is 11.4. The van der Waals surface area contributed by atoms with E-state index in [0.717, 1.165) is 10.7 Å². The van der Waals surface area contributed by atoms with Gasteiger partial charge in [-0.2, -0.15) is 0 Å². The lowest BCUT2D eigenvalue weighted by atomic mass is 10.3. The van der Waals surface area contributed by atoms with E-state index >= 15 is 0 Å². The van der Waals surface area contributed by atoms with Gasteiger partial charge in [0.15, 0.2) is 11.5 Å². The number of hydrogen-bond acceptors (Lipinski definition) is 5. The molecule has 7 heteroatoms. The lowest BCUT2D eigenvalue weighted by molar-refractivity contribution is 0.171. The van der Waals surface area contributed by atoms with Crippen LogP contribution in [0, 0.1) is 6.92 Å². The minimum atomic E-state index is -1.19. The summed E-state index contributed by atoms with van der Waals surface area (Å²) in [4.78, 5) is 4.97. The molecule has 1 aromatic carbocycles. The molecule has 1 aliphatic rings. The largest absolute Gasteiger partial charge is 0.486 e. The molecule has 1 aliphatic heterocycles. The third-order valence-electron chi connectivity index (χ3n) is 3.05. The summed E-state index contributed by atoms with van der Waals surface area (Å²) in [6, 6.07) is 3.40. The highest BCUT2D eigenvalue weighted by atomic mass is 35.5. The Hall–Kier alpha value is -1.11. The highest BCUT2D eigenvalue weighted by Crippen LogP contribution is 2.36. The average molecular weight is 344 g/mol. The number of aromatic nitrogens is 1. The van der Waals surface area contributed by atoms with E-state index < -0.39 is 10.8 Å². The van der Waals surface area contributed by atoms with Crippen LogP contribution in [0.25, 0.3) is 0 Å². The van der Waals surface area contributed by atoms with Crippen LogP contribution in [0.5, 0.6) is 11.5 Å². The van der Waals surface area contributed by atoms with Crippen LogP contribution in [0.3, 0.4) is 0 Å². The maximum absolute atomic E-state index is 12.4. The SMILES string of the molecule is Cc1nc(CCS(=O)c2cc3c(cc2Cl)OCCO3)cs1. The quantitative estimate of drug-likeness (QED) is 0.855. The van der Waals surface area contributed by atoms with Gasteiger partial charge in [-0.15, -0.1) is 11.3 Å². The molecule has 1 aromatic heterocycles. The van der Waals surface area contributed by atoms with Gasteiger partial charge in [0.05, 0.1) is 31.4 Å². The zero-order valence-corrected chi connectivity index (χ0v) is 13.8. The lowest BCUT2D eigenvalue weighted by Gasteiger charge is -2.19. The monoisotopic (exact) mass is 343 g/mol. The lowest BCUT2D eigenvalue weighted by Crippen LogP contribution is -2.16. The fourth-order valence-electron chi connectivity index (χ4n) is 2.05. The van der Waals surface area contributed by atoms with E-state index in [1.165, 1.54) is 0 Å². The van der Waals surface area contributed by atoms with E-state index in [-0.39, 0.29) is 0 Å². The van der Waals surface area contributed by atoms with Crippen LogP contribution in [0.2, 0.25) is 5.02 Å². The van der Waals surface area contributed by atoms with Crippen LogP contribution in [0.4, 0.5) is 0 Å². The summed E-state index contributed by atoms with van der Waals surface area (Å²) in [5, 5.41) is 3.47. The minimum absolute atomic E-state index is 0.451. The molecule has 4 nitrogen and oxygen atoms in total.